The molecule has 2 aliphatic rings. The Morgan fingerprint density at radius 2 is 2.17 bits per heavy atom. The monoisotopic (exact) mass is 425 g/mol. The van der Waals surface area contributed by atoms with Gasteiger partial charge in [0.15, 0.2) is 5.65 Å². The number of carbonyl (C=O) groups is 1. The Balaban J connectivity index is 1.58. The van der Waals surface area contributed by atoms with Gasteiger partial charge in [-0.2, -0.15) is 19.6 Å². The van der Waals surface area contributed by atoms with Crippen LogP contribution in [-0.4, -0.2) is 42.9 Å². The highest BCUT2D eigenvalue weighted by Crippen LogP contribution is 2.28. The average Bonchev–Trinajstić information content (AvgIpc) is 3.34. The summed E-state index contributed by atoms with van der Waals surface area (Å²) in [6, 6.07) is 5.94. The molecule has 0 bridgehead atoms. The molecule has 0 spiro atoms. The maximum Gasteiger partial charge on any atom is 0.249 e. The quantitative estimate of drug-likeness (QED) is 0.464. The molecule has 9 nitrogen and oxygen atoms in total. The van der Waals surface area contributed by atoms with Crippen molar-refractivity contribution in [1.82, 2.24) is 24.9 Å². The summed E-state index contributed by atoms with van der Waals surface area (Å²) < 4.78 is 1.63. The number of hydrogen-bond donors (Lipinski definition) is 4. The highest BCUT2D eigenvalue weighted by molar-refractivity contribution is 6.30. The number of benzene rings is 1. The minimum absolute atomic E-state index is 0.237. The molecule has 1 saturated carbocycles. The smallest absolute Gasteiger partial charge is 0.249 e. The Morgan fingerprint density at radius 1 is 1.33 bits per heavy atom. The standard InChI is InChI=1S/C20H20ClN7O2/c1-10-2-3-13(21)8-15(10)24-19-26-17-12(6-11-7-16(29)25-18(11)30)9-22-28(17)20(27-19)23-14-4-5-14/h2-3,6,8-9,14,16,29H,4-5,7H2,1H3,(H,25,30)(H2,23,24,26,27)/b11-6+. The van der Waals surface area contributed by atoms with Crippen LogP contribution in [0, 0.1) is 6.92 Å². The van der Waals surface area contributed by atoms with Crippen LogP contribution in [0.2, 0.25) is 5.02 Å². The Labute approximate surface area is 177 Å². The molecule has 0 radical (unpaired) electrons. The fraction of sp³-hybridized carbons (Fsp3) is 0.300. The van der Waals surface area contributed by atoms with Crippen molar-refractivity contribution < 1.29 is 9.90 Å². The van der Waals surface area contributed by atoms with E-state index in [0.717, 1.165) is 24.1 Å². The number of nitrogens with zero attached hydrogens (tertiary/aromatic N) is 4. The van der Waals surface area contributed by atoms with Crippen LogP contribution < -0.4 is 16.0 Å². The zero-order chi connectivity index (χ0) is 20.8. The molecule has 2 fully saturated rings. The Hall–Kier alpha value is -3.17. The van der Waals surface area contributed by atoms with Crippen LogP contribution in [0.1, 0.15) is 30.4 Å². The molecular weight excluding hydrogens is 406 g/mol. The fourth-order valence-electron chi connectivity index (χ4n) is 3.31. The van der Waals surface area contributed by atoms with Crippen molar-refractivity contribution in [2.75, 3.05) is 10.6 Å². The first-order valence-corrected chi connectivity index (χ1v) is 10.1. The number of anilines is 3. The predicted octanol–water partition coefficient (Wildman–Crippen LogP) is 2.63. The third-order valence-electron chi connectivity index (χ3n) is 5.08. The van der Waals surface area contributed by atoms with Gasteiger partial charge in [-0.3, -0.25) is 4.79 Å². The van der Waals surface area contributed by atoms with E-state index in [4.69, 9.17) is 11.6 Å². The van der Waals surface area contributed by atoms with Gasteiger partial charge >= 0.3 is 0 Å². The zero-order valence-electron chi connectivity index (χ0n) is 16.2. The zero-order valence-corrected chi connectivity index (χ0v) is 16.9. The van der Waals surface area contributed by atoms with Crippen molar-refractivity contribution in [1.29, 1.82) is 0 Å². The lowest BCUT2D eigenvalue weighted by Crippen LogP contribution is -2.24. The van der Waals surface area contributed by atoms with Crippen molar-refractivity contribution in [3.8, 4) is 0 Å². The van der Waals surface area contributed by atoms with Crippen LogP contribution in [0.25, 0.3) is 11.7 Å². The number of carbonyl (C=O) groups excluding carboxylic acids is 1. The molecule has 1 aliphatic heterocycles. The number of fused-ring (bicyclic) bond motifs is 1. The van der Waals surface area contributed by atoms with E-state index in [-0.39, 0.29) is 12.3 Å². The van der Waals surface area contributed by atoms with Crippen molar-refractivity contribution in [2.45, 2.75) is 38.5 Å². The molecule has 3 aromatic rings. The summed E-state index contributed by atoms with van der Waals surface area (Å²) in [7, 11) is 0. The number of aliphatic hydroxyl groups excluding tert-OH is 1. The lowest BCUT2D eigenvalue weighted by Gasteiger charge is -2.12. The molecule has 1 saturated heterocycles. The molecule has 154 valence electrons. The normalized spacial score (nSPS) is 20.0. The molecular formula is C20H20ClN7O2. The van der Waals surface area contributed by atoms with Crippen molar-refractivity contribution in [2.24, 2.45) is 0 Å². The maximum absolute atomic E-state index is 12.0. The van der Waals surface area contributed by atoms with Crippen LogP contribution in [0.15, 0.2) is 30.0 Å². The van der Waals surface area contributed by atoms with E-state index in [2.05, 4.69) is 31.0 Å². The van der Waals surface area contributed by atoms with Crippen LogP contribution in [-0.2, 0) is 4.79 Å². The summed E-state index contributed by atoms with van der Waals surface area (Å²) in [5.74, 6) is 0.678. The van der Waals surface area contributed by atoms with Gasteiger partial charge in [-0.1, -0.05) is 17.7 Å². The van der Waals surface area contributed by atoms with E-state index in [1.165, 1.54) is 0 Å². The van der Waals surface area contributed by atoms with Gasteiger partial charge in [0.1, 0.15) is 6.23 Å². The number of aromatic nitrogens is 4. The Kier molecular flexibility index (Phi) is 4.56. The van der Waals surface area contributed by atoms with Crippen LogP contribution in [0.5, 0.6) is 0 Å². The summed E-state index contributed by atoms with van der Waals surface area (Å²) in [6.45, 7) is 1.97. The molecule has 1 atom stereocenters. The van der Waals surface area contributed by atoms with Gasteiger partial charge in [0, 0.05) is 34.3 Å². The van der Waals surface area contributed by atoms with Crippen molar-refractivity contribution in [3.63, 3.8) is 0 Å². The SMILES string of the molecule is Cc1ccc(Cl)cc1Nc1nc(NC2CC2)n2ncc(/C=C3\CC(O)NC3=O)c2n1. The van der Waals surface area contributed by atoms with Gasteiger partial charge < -0.3 is 21.1 Å². The molecule has 1 aromatic carbocycles. The van der Waals surface area contributed by atoms with E-state index in [9.17, 15) is 9.90 Å². The predicted molar refractivity (Wildman–Crippen MR) is 114 cm³/mol. The number of hydrogen-bond acceptors (Lipinski definition) is 7. The second-order valence-corrected chi connectivity index (χ2v) is 8.01. The summed E-state index contributed by atoms with van der Waals surface area (Å²) >= 11 is 6.14. The van der Waals surface area contributed by atoms with Gasteiger partial charge in [-0.05, 0) is 43.5 Å². The van der Waals surface area contributed by atoms with Crippen LogP contribution in [0.3, 0.4) is 0 Å². The number of aliphatic hydroxyl groups is 1. The number of aryl methyl sites for hydroxylation is 1. The van der Waals surface area contributed by atoms with Gasteiger partial charge in [0.25, 0.3) is 0 Å². The number of amides is 1. The van der Waals surface area contributed by atoms with E-state index < -0.39 is 6.23 Å². The summed E-state index contributed by atoms with van der Waals surface area (Å²) in [5.41, 5.74) is 3.51. The molecule has 3 heterocycles. The first kappa shape index (κ1) is 18.8. The first-order valence-electron chi connectivity index (χ1n) is 9.71. The molecule has 30 heavy (non-hydrogen) atoms. The average molecular weight is 426 g/mol. The molecule has 5 rings (SSSR count). The second kappa shape index (κ2) is 7.26. The lowest BCUT2D eigenvalue weighted by molar-refractivity contribution is -0.117. The van der Waals surface area contributed by atoms with E-state index in [1.807, 2.05) is 25.1 Å². The highest BCUT2D eigenvalue weighted by Gasteiger charge is 2.26. The molecule has 10 heteroatoms. The second-order valence-electron chi connectivity index (χ2n) is 7.57. The van der Waals surface area contributed by atoms with Gasteiger partial charge in [0.05, 0.1) is 6.20 Å². The topological polar surface area (TPSA) is 116 Å². The van der Waals surface area contributed by atoms with Gasteiger partial charge in [-0.15, -0.1) is 0 Å². The Bertz CT molecular complexity index is 1190. The largest absolute Gasteiger partial charge is 0.373 e. The molecule has 1 amide bonds. The summed E-state index contributed by atoms with van der Waals surface area (Å²) in [4.78, 5) is 21.2. The molecule has 4 N–H and O–H groups in total. The number of halogens is 1. The van der Waals surface area contributed by atoms with Crippen molar-refractivity contribution >= 4 is 46.8 Å². The molecule has 2 aromatic heterocycles. The fourth-order valence-corrected chi connectivity index (χ4v) is 3.49. The van der Waals surface area contributed by atoms with Crippen LogP contribution >= 0.6 is 11.6 Å². The van der Waals surface area contributed by atoms with Gasteiger partial charge in [-0.25, -0.2) is 0 Å². The minimum Gasteiger partial charge on any atom is -0.373 e. The van der Waals surface area contributed by atoms with Gasteiger partial charge in [0.2, 0.25) is 17.8 Å². The maximum atomic E-state index is 12.0. The van der Waals surface area contributed by atoms with Crippen molar-refractivity contribution in [3.05, 3.63) is 46.1 Å². The summed E-state index contributed by atoms with van der Waals surface area (Å²) in [6.07, 6.45) is 4.88. The van der Waals surface area contributed by atoms with E-state index in [1.54, 1.807) is 16.8 Å². The number of rotatable bonds is 5. The summed E-state index contributed by atoms with van der Waals surface area (Å²) in [5, 5.41) is 23.8. The van der Waals surface area contributed by atoms with E-state index in [0.29, 0.717) is 39.7 Å². The third kappa shape index (κ3) is 3.69. The molecule has 1 aliphatic carbocycles. The molecule has 1 unspecified atom stereocenters. The minimum atomic E-state index is -0.865. The van der Waals surface area contributed by atoms with Crippen LogP contribution in [0.4, 0.5) is 17.6 Å². The number of nitrogens with one attached hydrogen (secondary N) is 3. The lowest BCUT2D eigenvalue weighted by atomic mass is 10.1. The third-order valence-corrected chi connectivity index (χ3v) is 5.32. The Morgan fingerprint density at radius 3 is 2.90 bits per heavy atom. The van der Waals surface area contributed by atoms with E-state index >= 15 is 0 Å². The first-order chi connectivity index (χ1) is 14.5. The highest BCUT2D eigenvalue weighted by atomic mass is 35.5.